The second kappa shape index (κ2) is 26.6. The monoisotopic (exact) mass is 575 g/mol. The van der Waals surface area contributed by atoms with E-state index in [1.807, 2.05) is 0 Å². The molecule has 0 atom stereocenters. The van der Waals surface area contributed by atoms with Crippen LogP contribution >= 0.6 is 12.0 Å². The maximum absolute atomic E-state index is 12.5. The minimum absolute atomic E-state index is 0.105. The highest BCUT2D eigenvalue weighted by Gasteiger charge is 2.31. The molecular weight excluding hydrogens is 508 g/mol. The fourth-order valence-corrected chi connectivity index (χ4v) is 5.78. The van der Waals surface area contributed by atoms with Gasteiger partial charge < -0.3 is 24.2 Å². The van der Waals surface area contributed by atoms with Gasteiger partial charge in [-0.15, -0.1) is 0 Å². The first-order valence-electron chi connectivity index (χ1n) is 16.5. The van der Waals surface area contributed by atoms with Gasteiger partial charge in [-0.2, -0.15) is 0 Å². The van der Waals surface area contributed by atoms with Crippen LogP contribution in [0, 0.1) is 0 Å². The Bertz CT molecular complexity index is 534. The van der Waals surface area contributed by atoms with E-state index >= 15 is 0 Å². The molecule has 0 saturated heterocycles. The standard InChI is InChI=1S/C32H66N2O4S/c1-5-8-11-14-15-16-17-18-19-23-31(37)33-32(28-35,29-36)30-38-39-27-22-26-34(4,24-20-12-9-6-2)25-21-13-10-7-3/h35-36H,5-30H2,1-4H3/p+1. The average molecular weight is 576 g/mol. The lowest BCUT2D eigenvalue weighted by molar-refractivity contribution is -0.910. The molecule has 0 radical (unpaired) electrons. The van der Waals surface area contributed by atoms with Gasteiger partial charge in [-0.3, -0.25) is 4.79 Å². The van der Waals surface area contributed by atoms with E-state index in [1.54, 1.807) is 0 Å². The molecule has 7 heteroatoms. The van der Waals surface area contributed by atoms with Crippen molar-refractivity contribution < 1.29 is 23.7 Å². The third-order valence-corrected chi connectivity index (χ3v) is 8.70. The van der Waals surface area contributed by atoms with Crippen molar-refractivity contribution in [2.75, 3.05) is 52.3 Å². The summed E-state index contributed by atoms with van der Waals surface area (Å²) in [5.74, 6) is 0.755. The first kappa shape index (κ1) is 38.7. The maximum Gasteiger partial charge on any atom is 0.220 e. The number of nitrogens with zero attached hydrogens (tertiary/aromatic N) is 1. The van der Waals surface area contributed by atoms with Crippen LogP contribution in [0.2, 0.25) is 0 Å². The van der Waals surface area contributed by atoms with E-state index in [2.05, 4.69) is 33.1 Å². The zero-order valence-corrected chi connectivity index (χ0v) is 27.3. The number of carbonyl (C=O) groups is 1. The van der Waals surface area contributed by atoms with Crippen LogP contribution in [0.25, 0.3) is 0 Å². The van der Waals surface area contributed by atoms with Crippen molar-refractivity contribution in [3.05, 3.63) is 0 Å². The van der Waals surface area contributed by atoms with Crippen LogP contribution < -0.4 is 5.32 Å². The Balaban J connectivity index is 4.28. The number of aliphatic hydroxyl groups excluding tert-OH is 2. The number of unbranched alkanes of at least 4 members (excludes halogenated alkanes) is 14. The maximum atomic E-state index is 12.5. The van der Waals surface area contributed by atoms with Crippen molar-refractivity contribution in [2.45, 2.75) is 148 Å². The first-order chi connectivity index (χ1) is 18.9. The molecule has 0 spiro atoms. The molecule has 1 amide bonds. The minimum Gasteiger partial charge on any atom is -0.394 e. The summed E-state index contributed by atoms with van der Waals surface area (Å²) in [6, 6.07) is 0. The molecule has 0 aliphatic carbocycles. The summed E-state index contributed by atoms with van der Waals surface area (Å²) in [6.45, 7) is 9.85. The summed E-state index contributed by atoms with van der Waals surface area (Å²) >= 11 is 1.39. The van der Waals surface area contributed by atoms with Crippen LogP contribution in [0.3, 0.4) is 0 Å². The summed E-state index contributed by atoms with van der Waals surface area (Å²) in [5, 5.41) is 22.7. The van der Waals surface area contributed by atoms with Gasteiger partial charge in [0.15, 0.2) is 0 Å². The highest BCUT2D eigenvalue weighted by Crippen LogP contribution is 2.17. The third kappa shape index (κ3) is 22.0. The molecule has 0 aliphatic heterocycles. The molecule has 39 heavy (non-hydrogen) atoms. The van der Waals surface area contributed by atoms with Gasteiger partial charge in [-0.1, -0.05) is 97.8 Å². The predicted octanol–water partition coefficient (Wildman–Crippen LogP) is 7.41. The van der Waals surface area contributed by atoms with Gasteiger partial charge in [0.25, 0.3) is 0 Å². The van der Waals surface area contributed by atoms with E-state index in [1.165, 1.54) is 121 Å². The number of amides is 1. The van der Waals surface area contributed by atoms with Crippen molar-refractivity contribution in [3.63, 3.8) is 0 Å². The second-order valence-corrected chi connectivity index (χ2v) is 13.0. The molecular formula is C32H67N2O4S+. The van der Waals surface area contributed by atoms with Crippen LogP contribution in [0.5, 0.6) is 0 Å². The van der Waals surface area contributed by atoms with Crippen molar-refractivity contribution in [3.8, 4) is 0 Å². The van der Waals surface area contributed by atoms with Crippen LogP contribution in [-0.2, 0) is 8.98 Å². The fourth-order valence-electron chi connectivity index (χ4n) is 5.11. The highest BCUT2D eigenvalue weighted by molar-refractivity contribution is 7.94. The van der Waals surface area contributed by atoms with E-state index in [4.69, 9.17) is 4.18 Å². The van der Waals surface area contributed by atoms with E-state index in [0.717, 1.165) is 36.0 Å². The highest BCUT2D eigenvalue weighted by atomic mass is 32.2. The molecule has 0 aliphatic rings. The van der Waals surface area contributed by atoms with E-state index in [0.29, 0.717) is 6.42 Å². The lowest BCUT2D eigenvalue weighted by atomic mass is 10.0. The molecule has 3 N–H and O–H groups in total. The number of nitrogens with one attached hydrogen (secondary N) is 1. The molecule has 0 bridgehead atoms. The Morgan fingerprint density at radius 2 is 1.13 bits per heavy atom. The lowest BCUT2D eigenvalue weighted by Gasteiger charge is -2.35. The smallest absolute Gasteiger partial charge is 0.220 e. The van der Waals surface area contributed by atoms with Crippen molar-refractivity contribution in [2.24, 2.45) is 0 Å². The molecule has 0 aromatic rings. The van der Waals surface area contributed by atoms with Gasteiger partial charge in [-0.05, 0) is 44.1 Å². The predicted molar refractivity (Wildman–Crippen MR) is 169 cm³/mol. The van der Waals surface area contributed by atoms with Gasteiger partial charge >= 0.3 is 0 Å². The Morgan fingerprint density at radius 1 is 0.692 bits per heavy atom. The molecule has 0 aromatic carbocycles. The number of rotatable bonds is 30. The number of quaternary nitrogens is 1. The molecule has 6 nitrogen and oxygen atoms in total. The minimum atomic E-state index is -1.12. The van der Waals surface area contributed by atoms with E-state index in [-0.39, 0.29) is 25.7 Å². The normalized spacial score (nSPS) is 12.3. The van der Waals surface area contributed by atoms with Crippen LogP contribution in [0.15, 0.2) is 0 Å². The fraction of sp³-hybridized carbons (Fsp3) is 0.969. The number of aliphatic hydroxyl groups is 2. The molecule has 234 valence electrons. The number of carbonyl (C=O) groups excluding carboxylic acids is 1. The van der Waals surface area contributed by atoms with Crippen molar-refractivity contribution in [1.29, 1.82) is 0 Å². The number of hydrogen-bond donors (Lipinski definition) is 3. The average Bonchev–Trinajstić information content (AvgIpc) is 2.94. The molecule has 0 heterocycles. The number of hydrogen-bond acceptors (Lipinski definition) is 5. The van der Waals surface area contributed by atoms with Gasteiger partial charge in [0.05, 0.1) is 46.5 Å². The molecule has 0 aromatic heterocycles. The topological polar surface area (TPSA) is 78.8 Å². The summed E-state index contributed by atoms with van der Waals surface area (Å²) in [7, 11) is 2.41. The molecule has 0 saturated carbocycles. The zero-order chi connectivity index (χ0) is 29.1. The molecule has 0 rings (SSSR count). The van der Waals surface area contributed by atoms with Crippen LogP contribution in [0.4, 0.5) is 0 Å². The zero-order valence-electron chi connectivity index (χ0n) is 26.5. The Kier molecular flexibility index (Phi) is 26.3. The quantitative estimate of drug-likeness (QED) is 0.0472. The van der Waals surface area contributed by atoms with Gasteiger partial charge in [0.1, 0.15) is 5.54 Å². The summed E-state index contributed by atoms with van der Waals surface area (Å²) in [6.07, 6.45) is 22.8. The summed E-state index contributed by atoms with van der Waals surface area (Å²) < 4.78 is 6.93. The van der Waals surface area contributed by atoms with Gasteiger partial charge in [-0.25, -0.2) is 0 Å². The third-order valence-electron chi connectivity index (χ3n) is 7.96. The molecule has 0 unspecified atom stereocenters. The van der Waals surface area contributed by atoms with E-state index < -0.39 is 5.54 Å². The van der Waals surface area contributed by atoms with E-state index in [9.17, 15) is 15.0 Å². The SMILES string of the molecule is CCCCCCCCCCCC(=O)NC(CO)(CO)COSCCC[N+](C)(CCCCCC)CCCCCC. The largest absolute Gasteiger partial charge is 0.394 e. The summed E-state index contributed by atoms with van der Waals surface area (Å²) in [5.41, 5.74) is -1.12. The van der Waals surface area contributed by atoms with Crippen molar-refractivity contribution >= 4 is 17.9 Å². The Labute approximate surface area is 247 Å². The van der Waals surface area contributed by atoms with Gasteiger partial charge in [0.2, 0.25) is 5.91 Å². The molecule has 0 fully saturated rings. The first-order valence-corrected chi connectivity index (χ1v) is 17.4. The van der Waals surface area contributed by atoms with Crippen LogP contribution in [0.1, 0.15) is 143 Å². The van der Waals surface area contributed by atoms with Crippen LogP contribution in [-0.4, -0.2) is 78.4 Å². The Morgan fingerprint density at radius 3 is 1.62 bits per heavy atom. The summed E-state index contributed by atoms with van der Waals surface area (Å²) in [4.78, 5) is 12.5. The second-order valence-electron chi connectivity index (χ2n) is 12.1. The van der Waals surface area contributed by atoms with Gasteiger partial charge in [0, 0.05) is 18.6 Å². The lowest BCUT2D eigenvalue weighted by Crippen LogP contribution is -2.57. The Hall–Kier alpha value is -0.340. The van der Waals surface area contributed by atoms with Crippen molar-refractivity contribution in [1.82, 2.24) is 5.32 Å².